The Balaban J connectivity index is 1.72. The van der Waals surface area contributed by atoms with Crippen LogP contribution < -0.4 is 4.72 Å². The van der Waals surface area contributed by atoms with Gasteiger partial charge in [0.2, 0.25) is 10.0 Å². The Bertz CT molecular complexity index is 1390. The Morgan fingerprint density at radius 2 is 1.53 bits per heavy atom. The van der Waals surface area contributed by atoms with E-state index in [1.807, 2.05) is 24.3 Å². The molecule has 0 aliphatic heterocycles. The predicted molar refractivity (Wildman–Crippen MR) is 131 cm³/mol. The lowest BCUT2D eigenvalue weighted by atomic mass is 10.0. The third-order valence-corrected chi connectivity index (χ3v) is 8.08. The molecule has 4 rings (SSSR count). The fourth-order valence-electron chi connectivity index (χ4n) is 3.15. The third-order valence-electron chi connectivity index (χ3n) is 4.68. The molecule has 3 nitrogen and oxygen atoms in total. The number of thiophene rings is 1. The van der Waals surface area contributed by atoms with Crippen LogP contribution in [0.3, 0.4) is 0 Å². The molecule has 32 heavy (non-hydrogen) atoms. The summed E-state index contributed by atoms with van der Waals surface area (Å²) in [5.74, 6) is -0.804. The van der Waals surface area contributed by atoms with E-state index in [-0.39, 0.29) is 6.54 Å². The van der Waals surface area contributed by atoms with Gasteiger partial charge in [-0.05, 0) is 48.0 Å². The van der Waals surface area contributed by atoms with E-state index in [9.17, 15) is 12.8 Å². The largest absolute Gasteiger partial charge is 0.243 e. The molecule has 0 unspecified atom stereocenters. The summed E-state index contributed by atoms with van der Waals surface area (Å²) >= 11 is 19.9. The van der Waals surface area contributed by atoms with Crippen molar-refractivity contribution in [3.8, 4) is 21.6 Å². The summed E-state index contributed by atoms with van der Waals surface area (Å²) in [7, 11) is -4.02. The summed E-state index contributed by atoms with van der Waals surface area (Å²) in [6.45, 7) is -0.00681. The van der Waals surface area contributed by atoms with E-state index < -0.39 is 20.7 Å². The highest BCUT2D eigenvalue weighted by Gasteiger charge is 2.20. The van der Waals surface area contributed by atoms with E-state index >= 15 is 0 Å². The summed E-state index contributed by atoms with van der Waals surface area (Å²) in [5.41, 5.74) is 2.54. The lowest BCUT2D eigenvalue weighted by Gasteiger charge is -2.07. The molecule has 1 heterocycles. The van der Waals surface area contributed by atoms with E-state index in [0.29, 0.717) is 15.1 Å². The molecule has 1 N–H and O–H groups in total. The van der Waals surface area contributed by atoms with Crippen molar-refractivity contribution in [2.45, 2.75) is 11.4 Å². The molecule has 0 amide bonds. The van der Waals surface area contributed by atoms with Gasteiger partial charge in [-0.2, -0.15) is 0 Å². The molecule has 9 heteroatoms. The SMILES string of the molecule is O=S(=O)(NCc1cc(-c2ccc(Cl)cc2)c(-c2ccc(Cl)cc2Cl)s1)c1ccccc1F. The maximum absolute atomic E-state index is 14.0. The van der Waals surface area contributed by atoms with Gasteiger partial charge in [0, 0.05) is 37.5 Å². The molecule has 0 spiro atoms. The molecule has 0 aliphatic carbocycles. The molecule has 164 valence electrons. The van der Waals surface area contributed by atoms with Crippen molar-refractivity contribution in [2.24, 2.45) is 0 Å². The van der Waals surface area contributed by atoms with Crippen LogP contribution in [0.1, 0.15) is 4.88 Å². The molecule has 0 aliphatic rings. The maximum atomic E-state index is 14.0. The molecular formula is C23H15Cl3FNO2S2. The summed E-state index contributed by atoms with van der Waals surface area (Å²) in [6.07, 6.45) is 0. The van der Waals surface area contributed by atoms with Crippen LogP contribution in [0.5, 0.6) is 0 Å². The van der Waals surface area contributed by atoms with Crippen LogP contribution in [0.4, 0.5) is 4.39 Å². The van der Waals surface area contributed by atoms with Crippen LogP contribution in [0.25, 0.3) is 21.6 Å². The van der Waals surface area contributed by atoms with Crippen molar-refractivity contribution in [1.82, 2.24) is 4.72 Å². The fourth-order valence-corrected chi connectivity index (χ4v) is 6.17. The molecule has 0 saturated heterocycles. The second-order valence-electron chi connectivity index (χ2n) is 6.84. The van der Waals surface area contributed by atoms with Gasteiger partial charge in [-0.15, -0.1) is 11.3 Å². The predicted octanol–water partition coefficient (Wildman–Crippen LogP) is 7.66. The number of rotatable bonds is 6. The molecule has 4 aromatic rings. The van der Waals surface area contributed by atoms with E-state index in [1.54, 1.807) is 24.3 Å². The second-order valence-corrected chi connectivity index (χ2v) is 11.0. The Labute approximate surface area is 204 Å². The number of nitrogens with one attached hydrogen (secondary N) is 1. The van der Waals surface area contributed by atoms with Gasteiger partial charge in [-0.25, -0.2) is 17.5 Å². The van der Waals surface area contributed by atoms with Gasteiger partial charge in [0.25, 0.3) is 0 Å². The van der Waals surface area contributed by atoms with Crippen LogP contribution in [-0.2, 0) is 16.6 Å². The first kappa shape index (κ1) is 23.2. The van der Waals surface area contributed by atoms with Crippen LogP contribution in [0.15, 0.2) is 77.7 Å². The van der Waals surface area contributed by atoms with Crippen LogP contribution >= 0.6 is 46.1 Å². The molecule has 3 aromatic carbocycles. The average molecular weight is 527 g/mol. The minimum Gasteiger partial charge on any atom is -0.207 e. The third kappa shape index (κ3) is 5.01. The highest BCUT2D eigenvalue weighted by atomic mass is 35.5. The number of benzene rings is 3. The summed E-state index contributed by atoms with van der Waals surface area (Å²) in [5, 5.41) is 1.60. The molecule has 0 radical (unpaired) electrons. The second kappa shape index (κ2) is 9.51. The number of hydrogen-bond donors (Lipinski definition) is 1. The first-order chi connectivity index (χ1) is 15.2. The van der Waals surface area contributed by atoms with Gasteiger partial charge < -0.3 is 0 Å². The Morgan fingerprint density at radius 1 is 0.844 bits per heavy atom. The van der Waals surface area contributed by atoms with Crippen LogP contribution in [0, 0.1) is 5.82 Å². The molecular weight excluding hydrogens is 512 g/mol. The van der Waals surface area contributed by atoms with E-state index in [1.165, 1.54) is 29.5 Å². The quantitative estimate of drug-likeness (QED) is 0.280. The zero-order valence-electron chi connectivity index (χ0n) is 16.3. The van der Waals surface area contributed by atoms with Gasteiger partial charge in [0.1, 0.15) is 10.7 Å². The summed E-state index contributed by atoms with van der Waals surface area (Å²) in [6, 6.07) is 19.7. The first-order valence-corrected chi connectivity index (χ1v) is 12.8. The smallest absolute Gasteiger partial charge is 0.207 e. The van der Waals surface area contributed by atoms with E-state index in [0.717, 1.165) is 32.5 Å². The van der Waals surface area contributed by atoms with E-state index in [2.05, 4.69) is 4.72 Å². The lowest BCUT2D eigenvalue weighted by Crippen LogP contribution is -2.23. The summed E-state index contributed by atoms with van der Waals surface area (Å²) < 4.78 is 41.6. The van der Waals surface area contributed by atoms with Gasteiger partial charge in [-0.1, -0.05) is 65.1 Å². The zero-order chi connectivity index (χ0) is 22.9. The van der Waals surface area contributed by atoms with Crippen molar-refractivity contribution >= 4 is 56.2 Å². The Kier molecular flexibility index (Phi) is 6.91. The Hall–Kier alpha value is -1.93. The number of halogens is 4. The lowest BCUT2D eigenvalue weighted by molar-refractivity contribution is 0.557. The summed E-state index contributed by atoms with van der Waals surface area (Å²) in [4.78, 5) is 1.19. The molecule has 0 saturated carbocycles. The van der Waals surface area contributed by atoms with Gasteiger partial charge in [-0.3, -0.25) is 0 Å². The normalized spacial score (nSPS) is 11.6. The van der Waals surface area contributed by atoms with Gasteiger partial charge in [0.05, 0.1) is 5.02 Å². The Morgan fingerprint density at radius 3 is 2.22 bits per heavy atom. The molecule has 0 fully saturated rings. The standard InChI is InChI=1S/C23H15Cl3FNO2S2/c24-15-7-5-14(6-8-15)19-12-17(31-23(19)18-10-9-16(25)11-20(18)26)13-28-32(29,30)22-4-2-1-3-21(22)27/h1-12,28H,13H2. The first-order valence-electron chi connectivity index (χ1n) is 9.33. The molecule has 0 bridgehead atoms. The van der Waals surface area contributed by atoms with Crippen molar-refractivity contribution in [2.75, 3.05) is 0 Å². The van der Waals surface area contributed by atoms with Crippen molar-refractivity contribution < 1.29 is 12.8 Å². The van der Waals surface area contributed by atoms with E-state index in [4.69, 9.17) is 34.8 Å². The average Bonchev–Trinajstić information content (AvgIpc) is 3.17. The number of hydrogen-bond acceptors (Lipinski definition) is 3. The number of sulfonamides is 1. The monoisotopic (exact) mass is 525 g/mol. The minimum atomic E-state index is -4.02. The zero-order valence-corrected chi connectivity index (χ0v) is 20.2. The highest BCUT2D eigenvalue weighted by Crippen LogP contribution is 2.43. The van der Waals surface area contributed by atoms with Crippen molar-refractivity contribution in [3.05, 3.63) is 98.6 Å². The maximum Gasteiger partial charge on any atom is 0.243 e. The van der Waals surface area contributed by atoms with Crippen LogP contribution in [0.2, 0.25) is 15.1 Å². The molecule has 1 aromatic heterocycles. The van der Waals surface area contributed by atoms with Crippen molar-refractivity contribution in [3.63, 3.8) is 0 Å². The molecule has 0 atom stereocenters. The fraction of sp³-hybridized carbons (Fsp3) is 0.0435. The van der Waals surface area contributed by atoms with Crippen molar-refractivity contribution in [1.29, 1.82) is 0 Å². The highest BCUT2D eigenvalue weighted by molar-refractivity contribution is 7.89. The topological polar surface area (TPSA) is 46.2 Å². The van der Waals surface area contributed by atoms with Crippen LogP contribution in [-0.4, -0.2) is 8.42 Å². The minimum absolute atomic E-state index is 0.00681. The van der Waals surface area contributed by atoms with Gasteiger partial charge >= 0.3 is 0 Å². The van der Waals surface area contributed by atoms with Gasteiger partial charge in [0.15, 0.2) is 0 Å².